The SMILES string of the molecule is c1ccc(N(c2ccc(C3(c4ccccc4)c4ccccc4-c4ccccc43)cc2)c2cccc3c2sc2cc4ccccc4cc23)cc1. The van der Waals surface area contributed by atoms with E-state index in [1.54, 1.807) is 0 Å². The van der Waals surface area contributed by atoms with E-state index in [0.29, 0.717) is 0 Å². The van der Waals surface area contributed by atoms with Crippen LogP contribution in [0.15, 0.2) is 188 Å². The van der Waals surface area contributed by atoms with Gasteiger partial charge in [0, 0.05) is 26.8 Å². The highest BCUT2D eigenvalue weighted by Crippen LogP contribution is 2.56. The minimum Gasteiger partial charge on any atom is -0.309 e. The Bertz CT molecular complexity index is 2610. The highest BCUT2D eigenvalue weighted by Gasteiger charge is 2.45. The first-order valence-corrected chi connectivity index (χ1v) is 17.7. The number of hydrogen-bond donors (Lipinski definition) is 0. The monoisotopic (exact) mass is 641 g/mol. The third-order valence-electron chi connectivity index (χ3n) is 10.3. The van der Waals surface area contributed by atoms with Crippen LogP contribution in [0, 0.1) is 0 Å². The molecule has 1 nitrogen and oxygen atoms in total. The second kappa shape index (κ2) is 11.1. The molecule has 0 atom stereocenters. The Labute approximate surface area is 290 Å². The summed E-state index contributed by atoms with van der Waals surface area (Å²) < 4.78 is 2.60. The van der Waals surface area contributed by atoms with Crippen LogP contribution >= 0.6 is 11.3 Å². The first-order valence-electron chi connectivity index (χ1n) is 16.9. The van der Waals surface area contributed by atoms with E-state index in [-0.39, 0.29) is 0 Å². The van der Waals surface area contributed by atoms with Crippen LogP contribution in [0.5, 0.6) is 0 Å². The van der Waals surface area contributed by atoms with Crippen LogP contribution in [0.2, 0.25) is 0 Å². The fourth-order valence-corrected chi connectivity index (χ4v) is 9.46. The van der Waals surface area contributed by atoms with E-state index >= 15 is 0 Å². The Morgan fingerprint density at radius 3 is 1.65 bits per heavy atom. The lowest BCUT2D eigenvalue weighted by Gasteiger charge is -2.34. The van der Waals surface area contributed by atoms with E-state index < -0.39 is 5.41 Å². The standard InChI is InChI=1S/C47H31NS/c1-3-16-34(17-4-1)47(42-23-11-9-20-38(42)39-21-10-12-24-43(39)47)35-26-28-37(29-27-35)48(36-18-5-2-6-19-36)44-25-13-22-40-41-30-32-14-7-8-15-33(32)31-45(41)49-46(40)44/h1-31H. The van der Waals surface area contributed by atoms with Crippen LogP contribution in [-0.4, -0.2) is 0 Å². The van der Waals surface area contributed by atoms with Crippen molar-refractivity contribution in [1.29, 1.82) is 0 Å². The second-order valence-corrected chi connectivity index (χ2v) is 13.9. The Morgan fingerprint density at radius 1 is 0.408 bits per heavy atom. The molecule has 0 saturated heterocycles. The summed E-state index contributed by atoms with van der Waals surface area (Å²) in [5, 5.41) is 5.16. The number of rotatable bonds is 5. The number of anilines is 3. The average Bonchev–Trinajstić information content (AvgIpc) is 3.69. The minimum atomic E-state index is -0.419. The van der Waals surface area contributed by atoms with E-state index in [2.05, 4.69) is 193 Å². The van der Waals surface area contributed by atoms with Crippen molar-refractivity contribution in [3.8, 4) is 11.1 Å². The van der Waals surface area contributed by atoms with Gasteiger partial charge in [0.05, 0.1) is 15.8 Å². The molecule has 0 saturated carbocycles. The number of thiophene rings is 1. The highest BCUT2D eigenvalue weighted by atomic mass is 32.1. The lowest BCUT2D eigenvalue weighted by atomic mass is 9.68. The zero-order chi connectivity index (χ0) is 32.4. The molecule has 49 heavy (non-hydrogen) atoms. The van der Waals surface area contributed by atoms with Gasteiger partial charge in [-0.1, -0.05) is 146 Å². The maximum Gasteiger partial charge on any atom is 0.0713 e. The van der Waals surface area contributed by atoms with Crippen LogP contribution in [0.1, 0.15) is 22.3 Å². The van der Waals surface area contributed by atoms with Crippen LogP contribution in [0.4, 0.5) is 17.1 Å². The molecule has 1 aromatic heterocycles. The van der Waals surface area contributed by atoms with Gasteiger partial charge in [-0.25, -0.2) is 0 Å². The molecule has 1 aliphatic carbocycles. The maximum atomic E-state index is 2.42. The summed E-state index contributed by atoms with van der Waals surface area (Å²) >= 11 is 1.88. The minimum absolute atomic E-state index is 0.419. The van der Waals surface area contributed by atoms with Gasteiger partial charge in [0.25, 0.3) is 0 Å². The molecule has 0 spiro atoms. The van der Waals surface area contributed by atoms with Gasteiger partial charge in [-0.15, -0.1) is 11.3 Å². The molecule has 1 aliphatic rings. The number of benzene rings is 8. The molecule has 1 heterocycles. The summed E-state index contributed by atoms with van der Waals surface area (Å²) in [5.41, 5.74) is 10.9. The molecule has 10 rings (SSSR count). The predicted octanol–water partition coefficient (Wildman–Crippen LogP) is 13.0. The quantitative estimate of drug-likeness (QED) is 0.181. The first kappa shape index (κ1) is 28.1. The third kappa shape index (κ3) is 4.18. The van der Waals surface area contributed by atoms with Crippen molar-refractivity contribution < 1.29 is 0 Å². The third-order valence-corrected chi connectivity index (χ3v) is 11.5. The van der Waals surface area contributed by atoms with Gasteiger partial charge in [0.2, 0.25) is 0 Å². The molecular formula is C47H31NS. The largest absolute Gasteiger partial charge is 0.309 e. The normalized spacial score (nSPS) is 13.1. The molecular weight excluding hydrogens is 611 g/mol. The number of fused-ring (bicyclic) bond motifs is 7. The second-order valence-electron chi connectivity index (χ2n) is 12.9. The van der Waals surface area contributed by atoms with Crippen molar-refractivity contribution in [2.24, 2.45) is 0 Å². The molecule has 0 N–H and O–H groups in total. The summed E-state index contributed by atoms with van der Waals surface area (Å²) in [4.78, 5) is 2.42. The summed E-state index contributed by atoms with van der Waals surface area (Å²) in [6.45, 7) is 0. The van der Waals surface area contributed by atoms with Crippen LogP contribution in [-0.2, 0) is 5.41 Å². The average molecular weight is 642 g/mol. The number of hydrogen-bond acceptors (Lipinski definition) is 2. The zero-order valence-electron chi connectivity index (χ0n) is 26.8. The van der Waals surface area contributed by atoms with Gasteiger partial charge < -0.3 is 4.90 Å². The van der Waals surface area contributed by atoms with E-state index in [4.69, 9.17) is 0 Å². The van der Waals surface area contributed by atoms with Gasteiger partial charge in [-0.3, -0.25) is 0 Å². The maximum absolute atomic E-state index is 2.42. The highest BCUT2D eigenvalue weighted by molar-refractivity contribution is 7.26. The van der Waals surface area contributed by atoms with Gasteiger partial charge in [-0.2, -0.15) is 0 Å². The Morgan fingerprint density at radius 2 is 0.959 bits per heavy atom. The molecule has 8 aromatic carbocycles. The van der Waals surface area contributed by atoms with Crippen LogP contribution < -0.4 is 4.90 Å². The molecule has 0 aliphatic heterocycles. The molecule has 0 unspecified atom stereocenters. The topological polar surface area (TPSA) is 3.24 Å². The molecule has 9 aromatic rings. The van der Waals surface area contributed by atoms with Gasteiger partial charge in [0.15, 0.2) is 0 Å². The van der Waals surface area contributed by atoms with Gasteiger partial charge in [0.1, 0.15) is 0 Å². The van der Waals surface area contributed by atoms with Crippen LogP contribution in [0.3, 0.4) is 0 Å². The molecule has 2 heteroatoms. The van der Waals surface area contributed by atoms with Crippen molar-refractivity contribution in [1.82, 2.24) is 0 Å². The van der Waals surface area contributed by atoms with Crippen molar-refractivity contribution in [3.05, 3.63) is 210 Å². The van der Waals surface area contributed by atoms with Gasteiger partial charge in [-0.05, 0) is 86.6 Å². The van der Waals surface area contributed by atoms with Crippen LogP contribution in [0.25, 0.3) is 42.1 Å². The summed E-state index contributed by atoms with van der Waals surface area (Å²) in [6, 6.07) is 69.1. The molecule has 230 valence electrons. The molecule has 0 bridgehead atoms. The fourth-order valence-electron chi connectivity index (χ4n) is 8.22. The lowest BCUT2D eigenvalue weighted by molar-refractivity contribution is 0.768. The Hall–Kier alpha value is -5.96. The van der Waals surface area contributed by atoms with E-state index in [0.717, 1.165) is 11.4 Å². The van der Waals surface area contributed by atoms with Crippen molar-refractivity contribution >= 4 is 59.3 Å². The number of nitrogens with zero attached hydrogens (tertiary/aromatic N) is 1. The smallest absolute Gasteiger partial charge is 0.0713 e. The molecule has 0 fully saturated rings. The van der Waals surface area contributed by atoms with E-state index in [1.807, 2.05) is 11.3 Å². The lowest BCUT2D eigenvalue weighted by Crippen LogP contribution is -2.28. The predicted molar refractivity (Wildman–Crippen MR) is 209 cm³/mol. The van der Waals surface area contributed by atoms with E-state index in [1.165, 1.54) is 70.0 Å². The van der Waals surface area contributed by atoms with Crippen molar-refractivity contribution in [3.63, 3.8) is 0 Å². The summed E-state index contributed by atoms with van der Waals surface area (Å²) in [6.07, 6.45) is 0. The Kier molecular flexibility index (Phi) is 6.34. The van der Waals surface area contributed by atoms with E-state index in [9.17, 15) is 0 Å². The summed E-state index contributed by atoms with van der Waals surface area (Å²) in [7, 11) is 0. The fraction of sp³-hybridized carbons (Fsp3) is 0.0213. The first-order chi connectivity index (χ1) is 24.3. The number of para-hydroxylation sites is 1. The zero-order valence-corrected chi connectivity index (χ0v) is 27.6. The van der Waals surface area contributed by atoms with Crippen molar-refractivity contribution in [2.45, 2.75) is 5.41 Å². The summed E-state index contributed by atoms with van der Waals surface area (Å²) in [5.74, 6) is 0. The molecule has 0 radical (unpaired) electrons. The van der Waals surface area contributed by atoms with Crippen molar-refractivity contribution in [2.75, 3.05) is 4.90 Å². The van der Waals surface area contributed by atoms with Gasteiger partial charge >= 0.3 is 0 Å². The molecule has 0 amide bonds. The Balaban J connectivity index is 1.19.